The van der Waals surface area contributed by atoms with Gasteiger partial charge in [0.25, 0.3) is 0 Å². The Morgan fingerprint density at radius 3 is 3.10 bits per heavy atom. The zero-order chi connectivity index (χ0) is 14.5. The molecule has 1 atom stereocenters. The van der Waals surface area contributed by atoms with E-state index in [0.29, 0.717) is 11.6 Å². The molecule has 1 aromatic carbocycles. The lowest BCUT2D eigenvalue weighted by molar-refractivity contribution is -0.131. The second-order valence-corrected chi connectivity index (χ2v) is 6.06. The first-order chi connectivity index (χ1) is 9.56. The van der Waals surface area contributed by atoms with Gasteiger partial charge in [0, 0.05) is 36.7 Å². The lowest BCUT2D eigenvalue weighted by Crippen LogP contribution is -2.39. The minimum atomic E-state index is -1.03. The number of hydrogen-bond acceptors (Lipinski definition) is 3. The summed E-state index contributed by atoms with van der Waals surface area (Å²) in [6.45, 7) is 3.91. The zero-order valence-electron chi connectivity index (χ0n) is 11.4. The summed E-state index contributed by atoms with van der Waals surface area (Å²) in [5.41, 5.74) is 1.60. The Balaban J connectivity index is 2.19. The molecular weight excluding hydrogens is 277 g/mol. The van der Waals surface area contributed by atoms with Crippen molar-refractivity contribution >= 4 is 23.8 Å². The van der Waals surface area contributed by atoms with Crippen LogP contribution < -0.4 is 0 Å². The highest BCUT2D eigenvalue weighted by Crippen LogP contribution is 2.21. The van der Waals surface area contributed by atoms with Crippen LogP contribution in [-0.2, 0) is 11.3 Å². The van der Waals surface area contributed by atoms with E-state index in [9.17, 15) is 9.18 Å². The Morgan fingerprint density at radius 2 is 2.40 bits per heavy atom. The molecule has 108 valence electrons. The summed E-state index contributed by atoms with van der Waals surface area (Å²) in [6, 6.07) is 5.04. The highest BCUT2D eigenvalue weighted by Gasteiger charge is 2.19. The average molecular weight is 295 g/mol. The van der Waals surface area contributed by atoms with E-state index in [1.807, 2.05) is 11.8 Å². The summed E-state index contributed by atoms with van der Waals surface area (Å²) in [5, 5.41) is 8.70. The molecule has 5 heteroatoms. The van der Waals surface area contributed by atoms with Crippen LogP contribution in [0, 0.1) is 5.82 Å². The van der Waals surface area contributed by atoms with Crippen LogP contribution in [-0.4, -0.2) is 40.1 Å². The van der Waals surface area contributed by atoms with Gasteiger partial charge in [-0.3, -0.25) is 4.90 Å². The topological polar surface area (TPSA) is 40.5 Å². The standard InChI is InChI=1S/C15H18FNO2S/c1-11-10-20-7-6-17(11)9-13-2-4-14(16)8-12(13)3-5-15(18)19/h2-5,8,11H,6-7,9-10H2,1H3,(H,18,19). The SMILES string of the molecule is CC1CSCCN1Cc1ccc(F)cc1C=CC(=O)O. The molecule has 1 saturated heterocycles. The molecule has 1 unspecified atom stereocenters. The van der Waals surface area contributed by atoms with Gasteiger partial charge in [-0.1, -0.05) is 6.07 Å². The molecule has 2 rings (SSSR count). The highest BCUT2D eigenvalue weighted by molar-refractivity contribution is 7.99. The molecule has 1 aliphatic heterocycles. The lowest BCUT2D eigenvalue weighted by atomic mass is 10.1. The number of carbonyl (C=O) groups is 1. The van der Waals surface area contributed by atoms with Crippen molar-refractivity contribution in [3.8, 4) is 0 Å². The number of carboxylic acids is 1. The van der Waals surface area contributed by atoms with Crippen LogP contribution in [0.15, 0.2) is 24.3 Å². The molecule has 1 aromatic rings. The number of aliphatic carboxylic acids is 1. The smallest absolute Gasteiger partial charge is 0.328 e. The predicted molar refractivity (Wildman–Crippen MR) is 80.3 cm³/mol. The largest absolute Gasteiger partial charge is 0.478 e. The third-order valence-corrected chi connectivity index (χ3v) is 4.58. The molecule has 0 saturated carbocycles. The van der Waals surface area contributed by atoms with E-state index >= 15 is 0 Å². The summed E-state index contributed by atoms with van der Waals surface area (Å²) in [5.74, 6) is 0.830. The van der Waals surface area contributed by atoms with Crippen molar-refractivity contribution in [1.29, 1.82) is 0 Å². The molecule has 0 radical (unpaired) electrons. The van der Waals surface area contributed by atoms with Gasteiger partial charge in [-0.2, -0.15) is 11.8 Å². The third kappa shape index (κ3) is 4.08. The van der Waals surface area contributed by atoms with Gasteiger partial charge in [0.05, 0.1) is 0 Å². The van der Waals surface area contributed by atoms with Crippen LogP contribution in [0.3, 0.4) is 0 Å². The molecule has 20 heavy (non-hydrogen) atoms. The quantitative estimate of drug-likeness (QED) is 0.867. The number of benzene rings is 1. The van der Waals surface area contributed by atoms with E-state index in [0.717, 1.165) is 36.2 Å². The van der Waals surface area contributed by atoms with Gasteiger partial charge in [-0.05, 0) is 36.3 Å². The molecule has 0 spiro atoms. The summed E-state index contributed by atoms with van der Waals surface area (Å²) >= 11 is 1.94. The van der Waals surface area contributed by atoms with Gasteiger partial charge in [0.2, 0.25) is 0 Å². The molecular formula is C15H18FNO2S. The van der Waals surface area contributed by atoms with E-state index < -0.39 is 5.97 Å². The van der Waals surface area contributed by atoms with E-state index in [4.69, 9.17) is 5.11 Å². The monoisotopic (exact) mass is 295 g/mol. The maximum atomic E-state index is 13.3. The minimum absolute atomic E-state index is 0.346. The van der Waals surface area contributed by atoms with E-state index in [2.05, 4.69) is 11.8 Å². The van der Waals surface area contributed by atoms with Crippen molar-refractivity contribution in [3.63, 3.8) is 0 Å². The summed E-state index contributed by atoms with van der Waals surface area (Å²) in [7, 11) is 0. The Bertz CT molecular complexity index is 519. The summed E-state index contributed by atoms with van der Waals surface area (Å²) in [4.78, 5) is 13.0. The fraction of sp³-hybridized carbons (Fsp3) is 0.400. The first-order valence-electron chi connectivity index (χ1n) is 6.57. The van der Waals surface area contributed by atoms with Gasteiger partial charge in [-0.25, -0.2) is 9.18 Å². The van der Waals surface area contributed by atoms with Crippen LogP contribution >= 0.6 is 11.8 Å². The van der Waals surface area contributed by atoms with Gasteiger partial charge in [0.1, 0.15) is 5.82 Å². The predicted octanol–water partition coefficient (Wildman–Crippen LogP) is 2.86. The molecule has 1 fully saturated rings. The second kappa shape index (κ2) is 6.90. The number of nitrogens with zero attached hydrogens (tertiary/aromatic N) is 1. The molecule has 1 N–H and O–H groups in total. The van der Waals surface area contributed by atoms with Gasteiger partial charge >= 0.3 is 5.97 Å². The summed E-state index contributed by atoms with van der Waals surface area (Å²) in [6.07, 6.45) is 2.51. The number of thioether (sulfide) groups is 1. The number of halogens is 1. The normalized spacial score (nSPS) is 20.4. The van der Waals surface area contributed by atoms with E-state index in [-0.39, 0.29) is 5.82 Å². The van der Waals surface area contributed by atoms with Gasteiger partial charge in [0.15, 0.2) is 0 Å². The fourth-order valence-electron chi connectivity index (χ4n) is 2.24. The molecule has 3 nitrogen and oxygen atoms in total. The van der Waals surface area contributed by atoms with Gasteiger partial charge < -0.3 is 5.11 Å². The van der Waals surface area contributed by atoms with Crippen LogP contribution in [0.4, 0.5) is 4.39 Å². The first-order valence-corrected chi connectivity index (χ1v) is 7.73. The average Bonchev–Trinajstić information content (AvgIpc) is 2.41. The molecule has 1 aliphatic rings. The molecule has 0 aliphatic carbocycles. The van der Waals surface area contributed by atoms with Crippen LogP contribution in [0.1, 0.15) is 18.1 Å². The van der Waals surface area contributed by atoms with Gasteiger partial charge in [-0.15, -0.1) is 0 Å². The molecule has 0 amide bonds. The van der Waals surface area contributed by atoms with Crippen molar-refractivity contribution in [1.82, 2.24) is 4.90 Å². The van der Waals surface area contributed by atoms with Crippen LogP contribution in [0.5, 0.6) is 0 Å². The highest BCUT2D eigenvalue weighted by atomic mass is 32.2. The minimum Gasteiger partial charge on any atom is -0.478 e. The molecule has 0 aromatic heterocycles. The van der Waals surface area contributed by atoms with Crippen LogP contribution in [0.25, 0.3) is 6.08 Å². The third-order valence-electron chi connectivity index (χ3n) is 3.39. The molecule has 1 heterocycles. The Labute approximate surface area is 122 Å². The first kappa shape index (κ1) is 15.1. The maximum absolute atomic E-state index is 13.3. The van der Waals surface area contributed by atoms with Crippen molar-refractivity contribution in [2.45, 2.75) is 19.5 Å². The van der Waals surface area contributed by atoms with Crippen molar-refractivity contribution in [2.75, 3.05) is 18.1 Å². The zero-order valence-corrected chi connectivity index (χ0v) is 12.2. The summed E-state index contributed by atoms with van der Waals surface area (Å²) < 4.78 is 13.3. The second-order valence-electron chi connectivity index (χ2n) is 4.91. The Hall–Kier alpha value is -1.33. The fourth-order valence-corrected chi connectivity index (χ4v) is 3.32. The van der Waals surface area contributed by atoms with Crippen LogP contribution in [0.2, 0.25) is 0 Å². The number of hydrogen-bond donors (Lipinski definition) is 1. The van der Waals surface area contributed by atoms with Crippen molar-refractivity contribution in [3.05, 3.63) is 41.2 Å². The number of rotatable bonds is 4. The Morgan fingerprint density at radius 1 is 1.60 bits per heavy atom. The van der Waals surface area contributed by atoms with Crippen molar-refractivity contribution < 1.29 is 14.3 Å². The number of carboxylic acid groups (broad SMARTS) is 1. The van der Waals surface area contributed by atoms with Crippen molar-refractivity contribution in [2.24, 2.45) is 0 Å². The Kier molecular flexibility index (Phi) is 5.20. The van der Waals surface area contributed by atoms with E-state index in [1.54, 1.807) is 6.07 Å². The maximum Gasteiger partial charge on any atom is 0.328 e. The van der Waals surface area contributed by atoms with E-state index in [1.165, 1.54) is 18.2 Å². The molecule has 0 bridgehead atoms. The lowest BCUT2D eigenvalue weighted by Gasteiger charge is -2.33.